The highest BCUT2D eigenvalue weighted by Crippen LogP contribution is 2.49. The van der Waals surface area contributed by atoms with Crippen molar-refractivity contribution in [3.63, 3.8) is 0 Å². The molecular formula is C22H21F2N3O. The molecule has 3 aromatic rings. The van der Waals surface area contributed by atoms with Gasteiger partial charge in [-0.25, -0.2) is 13.8 Å². The zero-order valence-corrected chi connectivity index (χ0v) is 15.4. The predicted octanol–water partition coefficient (Wildman–Crippen LogP) is 5.04. The molecule has 3 atom stereocenters. The number of hydrogen-bond donors (Lipinski definition) is 1. The summed E-state index contributed by atoms with van der Waals surface area (Å²) in [6.07, 6.45) is 6.75. The highest BCUT2D eigenvalue weighted by molar-refractivity contribution is 5.94. The third kappa shape index (κ3) is 3.07. The second-order valence-corrected chi connectivity index (χ2v) is 8.08. The van der Waals surface area contributed by atoms with Crippen LogP contribution in [0.2, 0.25) is 0 Å². The molecule has 0 saturated heterocycles. The molecule has 1 aromatic carbocycles. The first-order chi connectivity index (χ1) is 13.6. The molecule has 2 saturated carbocycles. The normalized spacial score (nSPS) is 23.4. The van der Waals surface area contributed by atoms with Crippen LogP contribution in [0.1, 0.15) is 32.1 Å². The number of benzene rings is 1. The Kier molecular flexibility index (Phi) is 4.14. The summed E-state index contributed by atoms with van der Waals surface area (Å²) in [5, 5.41) is 2.93. The molecule has 2 fully saturated rings. The Morgan fingerprint density at radius 1 is 1.07 bits per heavy atom. The summed E-state index contributed by atoms with van der Waals surface area (Å²) in [6.45, 7) is 0. The smallest absolute Gasteiger partial charge is 0.225 e. The van der Waals surface area contributed by atoms with Gasteiger partial charge in [-0.1, -0.05) is 6.42 Å². The van der Waals surface area contributed by atoms with Gasteiger partial charge in [-0.2, -0.15) is 0 Å². The van der Waals surface area contributed by atoms with Gasteiger partial charge in [0.2, 0.25) is 5.91 Å². The van der Waals surface area contributed by atoms with Crippen molar-refractivity contribution in [3.05, 3.63) is 54.2 Å². The van der Waals surface area contributed by atoms with Crippen molar-refractivity contribution in [2.45, 2.75) is 32.1 Å². The minimum Gasteiger partial charge on any atom is -0.309 e. The molecule has 144 valence electrons. The minimum absolute atomic E-state index is 0.0650. The zero-order valence-electron chi connectivity index (χ0n) is 15.4. The fraction of sp³-hybridized carbons (Fsp3) is 0.364. The topological polar surface area (TPSA) is 46.4 Å². The van der Waals surface area contributed by atoms with Crippen molar-refractivity contribution in [2.24, 2.45) is 17.8 Å². The Hall–Kier alpha value is -2.76. The monoisotopic (exact) mass is 381 g/mol. The number of fused-ring (bicyclic) bond motifs is 3. The number of nitrogens with one attached hydrogen (secondary N) is 1. The molecule has 0 aliphatic heterocycles. The van der Waals surface area contributed by atoms with Gasteiger partial charge in [0.05, 0.1) is 5.69 Å². The van der Waals surface area contributed by atoms with Gasteiger partial charge in [0.15, 0.2) is 5.82 Å². The second-order valence-electron chi connectivity index (χ2n) is 8.08. The molecule has 0 spiro atoms. The standard InChI is InChI=1S/C22H21F2N3O/c23-17-5-3-14(4-6-17)21-22(25-19-8-7-18(24)12-27(19)21)26-20(28)11-16-10-13-1-2-15(16)9-13/h3-8,12-13,15-16H,1-2,9-11H2,(H,26,28). The molecule has 0 radical (unpaired) electrons. The van der Waals surface area contributed by atoms with Crippen LogP contribution in [0, 0.1) is 29.4 Å². The van der Waals surface area contributed by atoms with Crippen LogP contribution in [0.4, 0.5) is 14.6 Å². The van der Waals surface area contributed by atoms with Crippen molar-refractivity contribution in [2.75, 3.05) is 5.32 Å². The quantitative estimate of drug-likeness (QED) is 0.688. The molecule has 2 aromatic heterocycles. The lowest BCUT2D eigenvalue weighted by Crippen LogP contribution is -2.20. The van der Waals surface area contributed by atoms with Crippen LogP contribution in [-0.4, -0.2) is 15.3 Å². The number of carbonyl (C=O) groups is 1. The van der Waals surface area contributed by atoms with Crippen LogP contribution < -0.4 is 5.32 Å². The number of hydrogen-bond acceptors (Lipinski definition) is 2. The first-order valence-corrected chi connectivity index (χ1v) is 9.80. The van der Waals surface area contributed by atoms with E-state index < -0.39 is 5.82 Å². The first-order valence-electron chi connectivity index (χ1n) is 9.80. The van der Waals surface area contributed by atoms with Gasteiger partial charge in [0, 0.05) is 18.2 Å². The fourth-order valence-electron chi connectivity index (χ4n) is 5.04. The summed E-state index contributed by atoms with van der Waals surface area (Å²) < 4.78 is 28.8. The van der Waals surface area contributed by atoms with Gasteiger partial charge in [-0.05, 0) is 73.4 Å². The number of nitrogens with zero attached hydrogens (tertiary/aromatic N) is 2. The van der Waals surface area contributed by atoms with E-state index in [0.29, 0.717) is 41.0 Å². The van der Waals surface area contributed by atoms with Gasteiger partial charge in [-0.3, -0.25) is 9.20 Å². The summed E-state index contributed by atoms with van der Waals surface area (Å²) in [6, 6.07) is 8.79. The Morgan fingerprint density at radius 2 is 1.86 bits per heavy atom. The third-order valence-electron chi connectivity index (χ3n) is 6.29. The Labute approximate surface area is 161 Å². The molecule has 2 heterocycles. The number of anilines is 1. The summed E-state index contributed by atoms with van der Waals surface area (Å²) >= 11 is 0. The number of amides is 1. The Bertz CT molecular complexity index is 1040. The van der Waals surface area contributed by atoms with Crippen LogP contribution >= 0.6 is 0 Å². The van der Waals surface area contributed by atoms with Crippen molar-refractivity contribution in [3.8, 4) is 11.3 Å². The predicted molar refractivity (Wildman–Crippen MR) is 103 cm³/mol. The highest BCUT2D eigenvalue weighted by atomic mass is 19.1. The maximum atomic E-state index is 13.8. The van der Waals surface area contributed by atoms with Crippen molar-refractivity contribution in [1.82, 2.24) is 9.38 Å². The van der Waals surface area contributed by atoms with E-state index in [1.54, 1.807) is 22.6 Å². The van der Waals surface area contributed by atoms with E-state index >= 15 is 0 Å². The van der Waals surface area contributed by atoms with Crippen molar-refractivity contribution in [1.29, 1.82) is 0 Å². The molecular weight excluding hydrogens is 360 g/mol. The number of halogens is 2. The lowest BCUT2D eigenvalue weighted by molar-refractivity contribution is -0.117. The first kappa shape index (κ1) is 17.3. The van der Waals surface area contributed by atoms with Crippen LogP contribution in [0.3, 0.4) is 0 Å². The molecule has 2 bridgehead atoms. The molecule has 28 heavy (non-hydrogen) atoms. The number of carbonyl (C=O) groups excluding carboxylic acids is 1. The number of aromatic nitrogens is 2. The van der Waals surface area contributed by atoms with E-state index in [1.165, 1.54) is 43.7 Å². The van der Waals surface area contributed by atoms with E-state index in [-0.39, 0.29) is 11.7 Å². The molecule has 5 rings (SSSR count). The van der Waals surface area contributed by atoms with Crippen LogP contribution in [0.5, 0.6) is 0 Å². The lowest BCUT2D eigenvalue weighted by atomic mass is 9.86. The van der Waals surface area contributed by atoms with Crippen molar-refractivity contribution >= 4 is 17.4 Å². The van der Waals surface area contributed by atoms with Crippen molar-refractivity contribution < 1.29 is 13.6 Å². The van der Waals surface area contributed by atoms with Crippen LogP contribution in [0.25, 0.3) is 16.9 Å². The van der Waals surface area contributed by atoms with E-state index in [2.05, 4.69) is 10.3 Å². The van der Waals surface area contributed by atoms with E-state index in [4.69, 9.17) is 0 Å². The maximum absolute atomic E-state index is 13.8. The molecule has 6 heteroatoms. The van der Waals surface area contributed by atoms with Gasteiger partial charge in [0.1, 0.15) is 17.3 Å². The molecule has 2 aliphatic rings. The average Bonchev–Trinajstić information content (AvgIpc) is 3.36. The zero-order chi connectivity index (χ0) is 19.3. The third-order valence-corrected chi connectivity index (χ3v) is 6.29. The van der Waals surface area contributed by atoms with Gasteiger partial charge < -0.3 is 5.32 Å². The fourth-order valence-corrected chi connectivity index (χ4v) is 5.04. The van der Waals surface area contributed by atoms with Gasteiger partial charge >= 0.3 is 0 Å². The summed E-state index contributed by atoms with van der Waals surface area (Å²) in [5.41, 5.74) is 1.74. The summed E-state index contributed by atoms with van der Waals surface area (Å²) in [5.74, 6) is 1.45. The Balaban J connectivity index is 1.47. The van der Waals surface area contributed by atoms with E-state index in [0.717, 1.165) is 12.3 Å². The number of imidazole rings is 1. The van der Waals surface area contributed by atoms with E-state index in [1.807, 2.05) is 0 Å². The Morgan fingerprint density at radius 3 is 2.57 bits per heavy atom. The largest absolute Gasteiger partial charge is 0.309 e. The molecule has 2 aliphatic carbocycles. The molecule has 3 unspecified atom stereocenters. The average molecular weight is 381 g/mol. The second kappa shape index (κ2) is 6.69. The SMILES string of the molecule is O=C(CC1CC2CCC1C2)Nc1nc2ccc(F)cn2c1-c1ccc(F)cc1. The highest BCUT2D eigenvalue weighted by Gasteiger charge is 2.40. The van der Waals surface area contributed by atoms with Gasteiger partial charge in [0.25, 0.3) is 0 Å². The van der Waals surface area contributed by atoms with Gasteiger partial charge in [-0.15, -0.1) is 0 Å². The summed E-state index contributed by atoms with van der Waals surface area (Å²) in [7, 11) is 0. The molecule has 1 N–H and O–H groups in total. The van der Waals surface area contributed by atoms with Crippen LogP contribution in [-0.2, 0) is 4.79 Å². The number of pyridine rings is 1. The summed E-state index contributed by atoms with van der Waals surface area (Å²) in [4.78, 5) is 17.2. The maximum Gasteiger partial charge on any atom is 0.225 e. The van der Waals surface area contributed by atoms with Crippen LogP contribution in [0.15, 0.2) is 42.6 Å². The molecule has 1 amide bonds. The lowest BCUT2D eigenvalue weighted by Gasteiger charge is -2.20. The number of rotatable bonds is 4. The minimum atomic E-state index is -0.409. The van der Waals surface area contributed by atoms with E-state index in [9.17, 15) is 13.6 Å². The molecule has 4 nitrogen and oxygen atoms in total.